The highest BCUT2D eigenvalue weighted by molar-refractivity contribution is 7.91. The van der Waals surface area contributed by atoms with Crippen molar-refractivity contribution in [1.82, 2.24) is 0 Å². The van der Waals surface area contributed by atoms with Crippen LogP contribution in [0.15, 0.2) is 46.2 Å². The Bertz CT molecular complexity index is 680. The van der Waals surface area contributed by atoms with Gasteiger partial charge in [-0.05, 0) is 55.3 Å². The molecule has 2 aromatic rings. The first-order chi connectivity index (χ1) is 8.82. The van der Waals surface area contributed by atoms with E-state index in [0.717, 1.165) is 12.1 Å². The van der Waals surface area contributed by atoms with Gasteiger partial charge in [0.05, 0.1) is 9.79 Å². The molecule has 2 nitrogen and oxygen atoms in total. The monoisotopic (exact) mass is 282 g/mol. The predicted molar refractivity (Wildman–Crippen MR) is 67.7 cm³/mol. The minimum atomic E-state index is -3.82. The SMILES string of the molecule is Cc1cc(S(=O)(=O)c2ccc(C)c(F)c2)ccc1F. The van der Waals surface area contributed by atoms with Crippen molar-refractivity contribution in [3.05, 3.63) is 59.2 Å². The van der Waals surface area contributed by atoms with Crippen LogP contribution < -0.4 is 0 Å². The zero-order chi connectivity index (χ0) is 14.2. The molecule has 0 saturated carbocycles. The molecule has 0 bridgehead atoms. The van der Waals surface area contributed by atoms with Crippen LogP contribution in [0, 0.1) is 25.5 Å². The van der Waals surface area contributed by atoms with Crippen LogP contribution in [0.4, 0.5) is 8.78 Å². The molecule has 5 heteroatoms. The second-order valence-electron chi connectivity index (χ2n) is 4.33. The second-order valence-corrected chi connectivity index (χ2v) is 6.28. The molecule has 100 valence electrons. The second kappa shape index (κ2) is 4.74. The zero-order valence-corrected chi connectivity index (χ0v) is 11.3. The normalized spacial score (nSPS) is 11.6. The van der Waals surface area contributed by atoms with E-state index in [1.165, 1.54) is 31.2 Å². The average Bonchev–Trinajstić information content (AvgIpc) is 2.35. The Morgan fingerprint density at radius 3 is 1.95 bits per heavy atom. The molecule has 2 rings (SSSR count). The molecular formula is C14H12F2O2S. The minimum absolute atomic E-state index is 0.0466. The van der Waals surface area contributed by atoms with Crippen LogP contribution in [0.3, 0.4) is 0 Å². The van der Waals surface area contributed by atoms with Crippen molar-refractivity contribution in [2.75, 3.05) is 0 Å². The third-order valence-electron chi connectivity index (χ3n) is 2.89. The van der Waals surface area contributed by atoms with Crippen molar-refractivity contribution in [2.45, 2.75) is 23.6 Å². The zero-order valence-electron chi connectivity index (χ0n) is 10.4. The van der Waals surface area contributed by atoms with Gasteiger partial charge in [-0.2, -0.15) is 0 Å². The lowest BCUT2D eigenvalue weighted by atomic mass is 10.2. The van der Waals surface area contributed by atoms with Crippen molar-refractivity contribution in [1.29, 1.82) is 0 Å². The van der Waals surface area contributed by atoms with Crippen LogP contribution in [0.2, 0.25) is 0 Å². The van der Waals surface area contributed by atoms with Gasteiger partial charge in [-0.25, -0.2) is 17.2 Å². The van der Waals surface area contributed by atoms with Crippen molar-refractivity contribution in [2.24, 2.45) is 0 Å². The van der Waals surface area contributed by atoms with Gasteiger partial charge in [0.25, 0.3) is 0 Å². The number of hydrogen-bond acceptors (Lipinski definition) is 2. The molecule has 0 unspecified atom stereocenters. The van der Waals surface area contributed by atoms with Gasteiger partial charge >= 0.3 is 0 Å². The van der Waals surface area contributed by atoms with Crippen LogP contribution in [0.1, 0.15) is 11.1 Å². The lowest BCUT2D eigenvalue weighted by molar-refractivity contribution is 0.587. The Hall–Kier alpha value is -1.75. The largest absolute Gasteiger partial charge is 0.219 e. The van der Waals surface area contributed by atoms with Gasteiger partial charge in [-0.15, -0.1) is 0 Å². The third kappa shape index (κ3) is 2.51. The number of halogens is 2. The summed E-state index contributed by atoms with van der Waals surface area (Å²) >= 11 is 0. The summed E-state index contributed by atoms with van der Waals surface area (Å²) in [4.78, 5) is -0.184. The Labute approximate surface area is 110 Å². The van der Waals surface area contributed by atoms with Crippen LogP contribution in [0.5, 0.6) is 0 Å². The number of hydrogen-bond donors (Lipinski definition) is 0. The summed E-state index contributed by atoms with van der Waals surface area (Å²) < 4.78 is 51.1. The van der Waals surface area contributed by atoms with Crippen molar-refractivity contribution in [3.63, 3.8) is 0 Å². The summed E-state index contributed by atoms with van der Waals surface area (Å²) in [6.07, 6.45) is 0. The Morgan fingerprint density at radius 1 is 0.789 bits per heavy atom. The predicted octanol–water partition coefficient (Wildman–Crippen LogP) is 3.41. The smallest absolute Gasteiger partial charge is 0.206 e. The maximum atomic E-state index is 13.4. The number of aryl methyl sites for hydroxylation is 2. The first-order valence-corrected chi connectivity index (χ1v) is 7.08. The van der Waals surface area contributed by atoms with Gasteiger partial charge in [-0.1, -0.05) is 6.07 Å². The highest BCUT2D eigenvalue weighted by atomic mass is 32.2. The topological polar surface area (TPSA) is 34.1 Å². The molecular weight excluding hydrogens is 270 g/mol. The fourth-order valence-electron chi connectivity index (χ4n) is 1.66. The molecule has 0 aliphatic carbocycles. The lowest BCUT2D eigenvalue weighted by Gasteiger charge is -2.07. The molecule has 0 aliphatic heterocycles. The van der Waals surface area contributed by atoms with E-state index in [0.29, 0.717) is 5.56 Å². The summed E-state index contributed by atoms with van der Waals surface area (Å²) in [7, 11) is -3.82. The number of rotatable bonds is 2. The van der Waals surface area contributed by atoms with Gasteiger partial charge in [0.2, 0.25) is 9.84 Å². The lowest BCUT2D eigenvalue weighted by Crippen LogP contribution is -2.04. The van der Waals surface area contributed by atoms with E-state index in [1.54, 1.807) is 6.92 Å². The van der Waals surface area contributed by atoms with E-state index < -0.39 is 21.5 Å². The van der Waals surface area contributed by atoms with E-state index in [4.69, 9.17) is 0 Å². The maximum Gasteiger partial charge on any atom is 0.206 e. The van der Waals surface area contributed by atoms with Crippen LogP contribution in [0.25, 0.3) is 0 Å². The van der Waals surface area contributed by atoms with Gasteiger partial charge in [0.1, 0.15) is 11.6 Å². The van der Waals surface area contributed by atoms with Crippen molar-refractivity contribution >= 4 is 9.84 Å². The molecule has 0 amide bonds. The molecule has 19 heavy (non-hydrogen) atoms. The van der Waals surface area contributed by atoms with Gasteiger partial charge in [-0.3, -0.25) is 0 Å². The third-order valence-corrected chi connectivity index (χ3v) is 4.64. The molecule has 2 aromatic carbocycles. The molecule has 0 spiro atoms. The van der Waals surface area contributed by atoms with Crippen LogP contribution in [-0.2, 0) is 9.84 Å². The molecule has 0 radical (unpaired) electrons. The standard InChI is InChI=1S/C14H12F2O2S/c1-9-3-4-12(8-14(9)16)19(17,18)11-5-6-13(15)10(2)7-11/h3-8H,1-2H3. The van der Waals surface area contributed by atoms with E-state index >= 15 is 0 Å². The number of benzene rings is 2. The van der Waals surface area contributed by atoms with Gasteiger partial charge in [0.15, 0.2) is 0 Å². The molecule has 0 saturated heterocycles. The van der Waals surface area contributed by atoms with E-state index in [-0.39, 0.29) is 15.4 Å². The fourth-order valence-corrected chi connectivity index (χ4v) is 3.02. The average molecular weight is 282 g/mol. The summed E-state index contributed by atoms with van der Waals surface area (Å²) in [6.45, 7) is 3.03. The van der Waals surface area contributed by atoms with Crippen molar-refractivity contribution in [3.8, 4) is 0 Å². The molecule has 0 aliphatic rings. The maximum absolute atomic E-state index is 13.4. The summed E-state index contributed by atoms with van der Waals surface area (Å²) in [5, 5.41) is 0. The number of sulfone groups is 1. The van der Waals surface area contributed by atoms with Crippen molar-refractivity contribution < 1.29 is 17.2 Å². The Kier molecular flexibility index (Phi) is 3.41. The molecule has 0 N–H and O–H groups in total. The fraction of sp³-hybridized carbons (Fsp3) is 0.143. The first kappa shape index (κ1) is 13.7. The molecule has 0 heterocycles. The molecule has 0 atom stereocenters. The van der Waals surface area contributed by atoms with Gasteiger partial charge in [0, 0.05) is 0 Å². The molecule has 0 fully saturated rings. The summed E-state index contributed by atoms with van der Waals surface area (Å²) in [5.74, 6) is -1.06. The van der Waals surface area contributed by atoms with E-state index in [2.05, 4.69) is 0 Å². The van der Waals surface area contributed by atoms with Crippen LogP contribution in [-0.4, -0.2) is 8.42 Å². The van der Waals surface area contributed by atoms with Crippen LogP contribution >= 0.6 is 0 Å². The Morgan fingerprint density at radius 2 is 1.37 bits per heavy atom. The first-order valence-electron chi connectivity index (χ1n) is 5.60. The molecule has 0 aromatic heterocycles. The highest BCUT2D eigenvalue weighted by Gasteiger charge is 2.19. The van der Waals surface area contributed by atoms with E-state index in [1.807, 2.05) is 0 Å². The highest BCUT2D eigenvalue weighted by Crippen LogP contribution is 2.24. The van der Waals surface area contributed by atoms with Gasteiger partial charge < -0.3 is 0 Å². The summed E-state index contributed by atoms with van der Waals surface area (Å²) in [6, 6.07) is 7.22. The quantitative estimate of drug-likeness (QED) is 0.791. The van der Waals surface area contributed by atoms with E-state index in [9.17, 15) is 17.2 Å². The minimum Gasteiger partial charge on any atom is -0.219 e. The Balaban J connectivity index is 2.58. The summed E-state index contributed by atoms with van der Waals surface area (Å²) in [5.41, 5.74) is 0.600.